The Kier molecular flexibility index (Phi) is 4.01. The molecule has 4 nitrogen and oxygen atoms in total. The van der Waals surface area contributed by atoms with Crippen molar-refractivity contribution in [2.24, 2.45) is 0 Å². The van der Waals surface area contributed by atoms with E-state index in [0.717, 1.165) is 35.5 Å². The highest BCUT2D eigenvalue weighted by atomic mass is 32.2. The van der Waals surface area contributed by atoms with Crippen LogP contribution in [0.4, 0.5) is 5.69 Å². The van der Waals surface area contributed by atoms with Gasteiger partial charge in [0.2, 0.25) is 10.0 Å². The smallest absolute Gasteiger partial charge is 0.240 e. The highest BCUT2D eigenvalue weighted by molar-refractivity contribution is 7.89. The minimum absolute atomic E-state index is 0.343. The molecule has 1 aromatic heterocycles. The molecule has 21 heavy (non-hydrogen) atoms. The van der Waals surface area contributed by atoms with Gasteiger partial charge in [-0.25, -0.2) is 13.1 Å². The largest absolute Gasteiger partial charge is 0.385 e. The van der Waals surface area contributed by atoms with Gasteiger partial charge in [-0.15, -0.1) is 11.3 Å². The van der Waals surface area contributed by atoms with E-state index in [0.29, 0.717) is 11.4 Å². The van der Waals surface area contributed by atoms with Crippen LogP contribution in [-0.4, -0.2) is 15.0 Å². The van der Waals surface area contributed by atoms with Crippen molar-refractivity contribution in [3.63, 3.8) is 0 Å². The molecule has 2 N–H and O–H groups in total. The number of hydrogen-bond donors (Lipinski definition) is 2. The van der Waals surface area contributed by atoms with Crippen LogP contribution in [0.3, 0.4) is 0 Å². The standard InChI is InChI=1S/C15H18N2O2S2/c1-11-4-5-13(20-11)10-17-21(18,19)14-6-7-15-12(9-14)3-2-8-16-15/h4-7,9,16-17H,2-3,8,10H2,1H3. The number of hydrogen-bond acceptors (Lipinski definition) is 4. The van der Waals surface area contributed by atoms with Crippen LogP contribution in [0.1, 0.15) is 21.7 Å². The van der Waals surface area contributed by atoms with Crippen molar-refractivity contribution < 1.29 is 8.42 Å². The predicted molar refractivity (Wildman–Crippen MR) is 86.3 cm³/mol. The van der Waals surface area contributed by atoms with Crippen LogP contribution in [0.25, 0.3) is 0 Å². The van der Waals surface area contributed by atoms with Gasteiger partial charge < -0.3 is 5.32 Å². The molecule has 0 spiro atoms. The van der Waals surface area contributed by atoms with Crippen molar-refractivity contribution in [2.75, 3.05) is 11.9 Å². The molecule has 1 aromatic carbocycles. The maximum absolute atomic E-state index is 12.4. The third-order valence-corrected chi connectivity index (χ3v) is 5.96. The molecule has 0 radical (unpaired) electrons. The summed E-state index contributed by atoms with van der Waals surface area (Å²) in [7, 11) is -3.45. The van der Waals surface area contributed by atoms with Gasteiger partial charge in [0.15, 0.2) is 0 Å². The molecule has 0 unspecified atom stereocenters. The minimum Gasteiger partial charge on any atom is -0.385 e. The number of anilines is 1. The van der Waals surface area contributed by atoms with Crippen molar-refractivity contribution >= 4 is 27.0 Å². The highest BCUT2D eigenvalue weighted by Gasteiger charge is 2.17. The molecular weight excluding hydrogens is 304 g/mol. The molecule has 0 fully saturated rings. The van der Waals surface area contributed by atoms with E-state index in [4.69, 9.17) is 0 Å². The Bertz CT molecular complexity index is 751. The molecular formula is C15H18N2O2S2. The molecule has 0 atom stereocenters. The van der Waals surface area contributed by atoms with Crippen molar-refractivity contribution in [2.45, 2.75) is 31.2 Å². The van der Waals surface area contributed by atoms with E-state index < -0.39 is 10.0 Å². The highest BCUT2D eigenvalue weighted by Crippen LogP contribution is 2.25. The number of rotatable bonds is 4. The van der Waals surface area contributed by atoms with Gasteiger partial charge in [-0.2, -0.15) is 0 Å². The van der Waals surface area contributed by atoms with E-state index in [-0.39, 0.29) is 0 Å². The molecule has 3 rings (SSSR count). The maximum atomic E-state index is 12.4. The minimum atomic E-state index is -3.45. The zero-order valence-electron chi connectivity index (χ0n) is 11.8. The van der Waals surface area contributed by atoms with E-state index in [1.165, 1.54) is 4.88 Å². The summed E-state index contributed by atoms with van der Waals surface area (Å²) < 4.78 is 27.4. The Balaban J connectivity index is 1.78. The van der Waals surface area contributed by atoms with Gasteiger partial charge in [-0.1, -0.05) is 0 Å². The van der Waals surface area contributed by atoms with Gasteiger partial charge in [0.25, 0.3) is 0 Å². The SMILES string of the molecule is Cc1ccc(CNS(=O)(=O)c2ccc3c(c2)CCCN3)s1. The predicted octanol–water partition coefficient (Wildman–Crippen LogP) is 2.89. The fourth-order valence-electron chi connectivity index (χ4n) is 2.45. The molecule has 0 aliphatic carbocycles. The summed E-state index contributed by atoms with van der Waals surface area (Å²) in [5.41, 5.74) is 2.13. The van der Waals surface area contributed by atoms with Crippen molar-refractivity contribution in [3.05, 3.63) is 45.6 Å². The van der Waals surface area contributed by atoms with Crippen LogP contribution < -0.4 is 10.0 Å². The lowest BCUT2D eigenvalue weighted by Gasteiger charge is -2.18. The average Bonchev–Trinajstić information content (AvgIpc) is 2.90. The number of fused-ring (bicyclic) bond motifs is 1. The van der Waals surface area contributed by atoms with E-state index in [9.17, 15) is 8.42 Å². The number of aryl methyl sites for hydroxylation is 2. The number of thiophene rings is 1. The molecule has 0 bridgehead atoms. The fraction of sp³-hybridized carbons (Fsp3) is 0.333. The second-order valence-electron chi connectivity index (χ2n) is 5.19. The van der Waals surface area contributed by atoms with Crippen LogP contribution in [0.2, 0.25) is 0 Å². The zero-order chi connectivity index (χ0) is 14.9. The molecule has 112 valence electrons. The Hall–Kier alpha value is -1.37. The monoisotopic (exact) mass is 322 g/mol. The first-order valence-electron chi connectivity index (χ1n) is 6.96. The van der Waals surface area contributed by atoms with Gasteiger partial charge >= 0.3 is 0 Å². The topological polar surface area (TPSA) is 58.2 Å². The van der Waals surface area contributed by atoms with Gasteiger partial charge in [-0.05, 0) is 55.7 Å². The third kappa shape index (κ3) is 3.28. The van der Waals surface area contributed by atoms with Crippen molar-refractivity contribution in [3.8, 4) is 0 Å². The van der Waals surface area contributed by atoms with E-state index in [1.54, 1.807) is 23.5 Å². The second kappa shape index (κ2) is 5.79. The first-order chi connectivity index (χ1) is 10.0. The summed E-state index contributed by atoms with van der Waals surface area (Å²) >= 11 is 1.61. The first-order valence-corrected chi connectivity index (χ1v) is 9.26. The normalized spacial score (nSPS) is 14.5. The lowest BCUT2D eigenvalue weighted by atomic mass is 10.0. The van der Waals surface area contributed by atoms with Gasteiger partial charge in [0.1, 0.15) is 0 Å². The number of sulfonamides is 1. The van der Waals surface area contributed by atoms with Crippen molar-refractivity contribution in [1.29, 1.82) is 0 Å². The van der Waals surface area contributed by atoms with Gasteiger partial charge in [-0.3, -0.25) is 0 Å². The van der Waals surface area contributed by atoms with Crippen LogP contribution in [0.5, 0.6) is 0 Å². The molecule has 6 heteroatoms. The lowest BCUT2D eigenvalue weighted by Crippen LogP contribution is -2.23. The summed E-state index contributed by atoms with van der Waals surface area (Å²) in [5.74, 6) is 0. The zero-order valence-corrected chi connectivity index (χ0v) is 13.5. The molecule has 1 aliphatic heterocycles. The molecule has 0 amide bonds. The Morgan fingerprint density at radius 2 is 2.14 bits per heavy atom. The van der Waals surface area contributed by atoms with Gasteiger partial charge in [0, 0.05) is 28.5 Å². The summed E-state index contributed by atoms with van der Waals surface area (Å²) in [5, 5.41) is 3.29. The summed E-state index contributed by atoms with van der Waals surface area (Å²) in [6.07, 6.45) is 1.97. The quantitative estimate of drug-likeness (QED) is 0.910. The van der Waals surface area contributed by atoms with Crippen LogP contribution in [0.15, 0.2) is 35.2 Å². The fourth-order valence-corrected chi connectivity index (χ4v) is 4.43. The summed E-state index contributed by atoms with van der Waals surface area (Å²) in [4.78, 5) is 2.55. The second-order valence-corrected chi connectivity index (χ2v) is 8.33. The average molecular weight is 322 g/mol. The molecule has 1 aliphatic rings. The Morgan fingerprint density at radius 1 is 1.29 bits per heavy atom. The van der Waals surface area contributed by atoms with Gasteiger partial charge in [0.05, 0.1) is 4.90 Å². The number of nitrogens with one attached hydrogen (secondary N) is 2. The molecule has 2 aromatic rings. The van der Waals surface area contributed by atoms with Crippen LogP contribution in [0, 0.1) is 6.92 Å². The summed E-state index contributed by atoms with van der Waals surface area (Å²) in [6, 6.07) is 9.26. The maximum Gasteiger partial charge on any atom is 0.240 e. The van der Waals surface area contributed by atoms with Crippen LogP contribution >= 0.6 is 11.3 Å². The van der Waals surface area contributed by atoms with Crippen molar-refractivity contribution in [1.82, 2.24) is 4.72 Å². The van der Waals surface area contributed by atoms with E-state index in [2.05, 4.69) is 10.0 Å². The Morgan fingerprint density at radius 3 is 2.90 bits per heavy atom. The van der Waals surface area contributed by atoms with Crippen LogP contribution in [-0.2, 0) is 23.0 Å². The van der Waals surface area contributed by atoms with E-state index in [1.807, 2.05) is 25.1 Å². The molecule has 2 heterocycles. The number of benzene rings is 1. The Labute approximate surface area is 129 Å². The van der Waals surface area contributed by atoms with E-state index >= 15 is 0 Å². The lowest BCUT2D eigenvalue weighted by molar-refractivity contribution is 0.581. The molecule has 0 saturated heterocycles. The first kappa shape index (κ1) is 14.6. The third-order valence-electron chi connectivity index (χ3n) is 3.56. The summed E-state index contributed by atoms with van der Waals surface area (Å²) in [6.45, 7) is 3.31. The molecule has 0 saturated carbocycles.